The summed E-state index contributed by atoms with van der Waals surface area (Å²) in [5, 5.41) is 0.606. The van der Waals surface area contributed by atoms with E-state index in [0.29, 0.717) is 5.15 Å². The van der Waals surface area contributed by atoms with E-state index >= 15 is 0 Å². The Kier molecular flexibility index (Phi) is 1.76. The van der Waals surface area contributed by atoms with Crippen LogP contribution in [0.2, 0.25) is 5.15 Å². The molecule has 50 valence electrons. The van der Waals surface area contributed by atoms with E-state index in [-0.39, 0.29) is 0 Å². The number of nitrogens with zero attached hydrogens (tertiary/aromatic N) is 1. The number of imidazole rings is 1. The summed E-state index contributed by atoms with van der Waals surface area (Å²) in [5.74, 6) is 0.886. The Balaban J connectivity index is 3.01. The van der Waals surface area contributed by atoms with Crippen molar-refractivity contribution in [3.63, 3.8) is 0 Å². The van der Waals surface area contributed by atoms with Gasteiger partial charge >= 0.3 is 0 Å². The number of aromatic amines is 1. The fraction of sp³-hybridized carbons (Fsp3) is 0.500. The van der Waals surface area contributed by atoms with Crippen LogP contribution in [-0.4, -0.2) is 9.97 Å². The van der Waals surface area contributed by atoms with Crippen molar-refractivity contribution in [2.45, 2.75) is 20.3 Å². The van der Waals surface area contributed by atoms with Crippen LogP contribution in [-0.2, 0) is 6.42 Å². The first-order valence-corrected chi connectivity index (χ1v) is 3.32. The highest BCUT2D eigenvalue weighted by Crippen LogP contribution is 2.11. The molecular formula is C6H9ClN2. The molecule has 1 aromatic rings. The van der Waals surface area contributed by atoms with Crippen LogP contribution in [0.25, 0.3) is 0 Å². The Labute approximate surface area is 59.3 Å². The number of hydrogen-bond acceptors (Lipinski definition) is 1. The van der Waals surface area contributed by atoms with E-state index in [1.165, 1.54) is 0 Å². The third-order valence-electron chi connectivity index (χ3n) is 1.20. The van der Waals surface area contributed by atoms with E-state index < -0.39 is 0 Å². The highest BCUT2D eigenvalue weighted by atomic mass is 35.5. The summed E-state index contributed by atoms with van der Waals surface area (Å²) >= 11 is 5.70. The maximum absolute atomic E-state index is 5.70. The molecule has 0 amide bonds. The Morgan fingerprint density at radius 3 is 2.56 bits per heavy atom. The average molecular weight is 145 g/mol. The molecule has 1 rings (SSSR count). The number of hydrogen-bond donors (Lipinski definition) is 1. The molecule has 1 aromatic heterocycles. The number of H-pyrrole nitrogens is 1. The molecule has 0 fully saturated rings. The molecule has 0 radical (unpaired) electrons. The third kappa shape index (κ3) is 1.24. The summed E-state index contributed by atoms with van der Waals surface area (Å²) in [6.45, 7) is 3.93. The van der Waals surface area contributed by atoms with Crippen LogP contribution in [0.4, 0.5) is 0 Å². The van der Waals surface area contributed by atoms with Gasteiger partial charge in [-0.15, -0.1) is 0 Å². The monoisotopic (exact) mass is 144 g/mol. The molecule has 0 aliphatic carbocycles. The first kappa shape index (κ1) is 6.62. The minimum atomic E-state index is 0.606. The lowest BCUT2D eigenvalue weighted by Crippen LogP contribution is -1.78. The van der Waals surface area contributed by atoms with E-state index in [1.807, 2.05) is 13.8 Å². The lowest BCUT2D eigenvalue weighted by molar-refractivity contribution is 1.04. The largest absolute Gasteiger partial charge is 0.345 e. The molecule has 0 atom stereocenters. The van der Waals surface area contributed by atoms with E-state index in [1.54, 1.807) is 0 Å². The molecule has 2 nitrogen and oxygen atoms in total. The van der Waals surface area contributed by atoms with Crippen LogP contribution in [0.3, 0.4) is 0 Å². The van der Waals surface area contributed by atoms with E-state index in [2.05, 4.69) is 9.97 Å². The molecule has 0 saturated heterocycles. The fourth-order valence-electron chi connectivity index (χ4n) is 0.747. The quantitative estimate of drug-likeness (QED) is 0.641. The zero-order chi connectivity index (χ0) is 6.85. The van der Waals surface area contributed by atoms with Gasteiger partial charge in [-0.25, -0.2) is 4.98 Å². The van der Waals surface area contributed by atoms with Gasteiger partial charge in [0.1, 0.15) is 11.0 Å². The van der Waals surface area contributed by atoms with Gasteiger partial charge in [-0.1, -0.05) is 18.5 Å². The van der Waals surface area contributed by atoms with Gasteiger partial charge in [0, 0.05) is 0 Å². The van der Waals surface area contributed by atoms with E-state index in [4.69, 9.17) is 11.6 Å². The number of aryl methyl sites for hydroxylation is 2. The Hall–Kier alpha value is -0.500. The molecule has 0 aliphatic rings. The summed E-state index contributed by atoms with van der Waals surface area (Å²) in [4.78, 5) is 7.04. The second kappa shape index (κ2) is 2.40. The first-order chi connectivity index (χ1) is 4.24. The molecule has 0 saturated carbocycles. The molecule has 1 heterocycles. The second-order valence-corrected chi connectivity index (χ2v) is 2.30. The van der Waals surface area contributed by atoms with Crippen LogP contribution in [0.1, 0.15) is 18.4 Å². The molecule has 0 aliphatic heterocycles. The zero-order valence-electron chi connectivity index (χ0n) is 5.53. The smallest absolute Gasteiger partial charge is 0.150 e. The van der Waals surface area contributed by atoms with Crippen molar-refractivity contribution in [2.75, 3.05) is 0 Å². The van der Waals surface area contributed by atoms with Gasteiger partial charge in [0.15, 0.2) is 0 Å². The number of rotatable bonds is 1. The molecule has 1 N–H and O–H groups in total. The predicted molar refractivity (Wildman–Crippen MR) is 37.7 cm³/mol. The summed E-state index contributed by atoms with van der Waals surface area (Å²) in [5.41, 5.74) is 1.02. The van der Waals surface area contributed by atoms with Gasteiger partial charge in [0.05, 0.1) is 5.69 Å². The molecule has 0 spiro atoms. The van der Waals surface area contributed by atoms with Gasteiger partial charge in [0.2, 0.25) is 0 Å². The highest BCUT2D eigenvalue weighted by Gasteiger charge is 2.00. The highest BCUT2D eigenvalue weighted by molar-refractivity contribution is 6.30. The average Bonchev–Trinajstić information content (AvgIpc) is 2.10. The third-order valence-corrected chi connectivity index (χ3v) is 1.51. The van der Waals surface area contributed by atoms with Crippen LogP contribution in [0.5, 0.6) is 0 Å². The predicted octanol–water partition coefficient (Wildman–Crippen LogP) is 1.93. The number of halogens is 1. The first-order valence-electron chi connectivity index (χ1n) is 2.95. The van der Waals surface area contributed by atoms with Gasteiger partial charge < -0.3 is 4.98 Å². The van der Waals surface area contributed by atoms with Gasteiger partial charge in [-0.05, 0) is 13.3 Å². The van der Waals surface area contributed by atoms with Crippen LogP contribution >= 0.6 is 11.6 Å². The Morgan fingerprint density at radius 1 is 1.67 bits per heavy atom. The Bertz CT molecular complexity index is 205. The topological polar surface area (TPSA) is 28.7 Å². The molecule has 0 bridgehead atoms. The van der Waals surface area contributed by atoms with E-state index in [9.17, 15) is 0 Å². The van der Waals surface area contributed by atoms with Crippen LogP contribution in [0, 0.1) is 6.92 Å². The van der Waals surface area contributed by atoms with Crippen molar-refractivity contribution in [1.82, 2.24) is 9.97 Å². The van der Waals surface area contributed by atoms with E-state index in [0.717, 1.165) is 17.9 Å². The van der Waals surface area contributed by atoms with Crippen LogP contribution < -0.4 is 0 Å². The van der Waals surface area contributed by atoms with Crippen molar-refractivity contribution in [3.05, 3.63) is 16.7 Å². The second-order valence-electron chi connectivity index (χ2n) is 1.95. The van der Waals surface area contributed by atoms with Crippen molar-refractivity contribution < 1.29 is 0 Å². The van der Waals surface area contributed by atoms with Gasteiger partial charge in [0.25, 0.3) is 0 Å². The molecule has 0 aromatic carbocycles. The Morgan fingerprint density at radius 2 is 2.33 bits per heavy atom. The summed E-state index contributed by atoms with van der Waals surface area (Å²) in [6, 6.07) is 0. The van der Waals surface area contributed by atoms with Gasteiger partial charge in [-0.3, -0.25) is 0 Å². The molecule has 0 unspecified atom stereocenters. The lowest BCUT2D eigenvalue weighted by atomic mass is 10.4. The van der Waals surface area contributed by atoms with Crippen molar-refractivity contribution >= 4 is 11.6 Å². The number of nitrogens with one attached hydrogen (secondary N) is 1. The SMILES string of the molecule is CCc1[nH]c(C)nc1Cl. The molecular weight excluding hydrogens is 136 g/mol. The normalized spacial score (nSPS) is 10.1. The molecule has 3 heteroatoms. The maximum Gasteiger partial charge on any atom is 0.150 e. The van der Waals surface area contributed by atoms with Crippen molar-refractivity contribution in [2.24, 2.45) is 0 Å². The fourth-order valence-corrected chi connectivity index (χ4v) is 1.05. The van der Waals surface area contributed by atoms with Crippen molar-refractivity contribution in [3.8, 4) is 0 Å². The van der Waals surface area contributed by atoms with Crippen LogP contribution in [0.15, 0.2) is 0 Å². The number of aromatic nitrogens is 2. The van der Waals surface area contributed by atoms with Crippen molar-refractivity contribution in [1.29, 1.82) is 0 Å². The molecule has 9 heavy (non-hydrogen) atoms. The lowest BCUT2D eigenvalue weighted by Gasteiger charge is -1.85. The zero-order valence-corrected chi connectivity index (χ0v) is 6.29. The minimum Gasteiger partial charge on any atom is -0.345 e. The summed E-state index contributed by atoms with van der Waals surface area (Å²) in [7, 11) is 0. The minimum absolute atomic E-state index is 0.606. The maximum atomic E-state index is 5.70. The summed E-state index contributed by atoms with van der Waals surface area (Å²) < 4.78 is 0. The van der Waals surface area contributed by atoms with Gasteiger partial charge in [-0.2, -0.15) is 0 Å². The standard InChI is InChI=1S/C6H9ClN2/c1-3-5-6(7)9-4(2)8-5/h3H2,1-2H3,(H,8,9). The summed E-state index contributed by atoms with van der Waals surface area (Å²) in [6.07, 6.45) is 0.916.